The van der Waals surface area contributed by atoms with Gasteiger partial charge in [-0.3, -0.25) is 4.98 Å². The molecular formula is C11H7ClN4OS. The van der Waals surface area contributed by atoms with Gasteiger partial charge in [0, 0.05) is 11.9 Å². The molecule has 0 aliphatic heterocycles. The van der Waals surface area contributed by atoms with E-state index in [4.69, 9.17) is 21.9 Å². The summed E-state index contributed by atoms with van der Waals surface area (Å²) in [6.45, 7) is 0. The van der Waals surface area contributed by atoms with E-state index in [0.717, 1.165) is 4.88 Å². The lowest BCUT2D eigenvalue weighted by Gasteiger charge is -1.99. The van der Waals surface area contributed by atoms with E-state index in [1.165, 1.54) is 11.3 Å². The molecule has 3 aromatic rings. The van der Waals surface area contributed by atoms with E-state index in [9.17, 15) is 0 Å². The zero-order chi connectivity index (χ0) is 12.5. The molecule has 0 aliphatic rings. The van der Waals surface area contributed by atoms with Gasteiger partial charge < -0.3 is 10.3 Å². The summed E-state index contributed by atoms with van der Waals surface area (Å²) in [5.74, 6) is 0.865. The van der Waals surface area contributed by atoms with Gasteiger partial charge in [-0.1, -0.05) is 16.8 Å². The summed E-state index contributed by atoms with van der Waals surface area (Å²) in [6.07, 6.45) is 1.68. The zero-order valence-electron chi connectivity index (χ0n) is 9.00. The smallest absolute Gasteiger partial charge is 0.259 e. The van der Waals surface area contributed by atoms with Crippen molar-refractivity contribution in [3.8, 4) is 22.2 Å². The van der Waals surface area contributed by atoms with E-state index in [0.29, 0.717) is 28.0 Å². The fourth-order valence-electron chi connectivity index (χ4n) is 1.46. The highest BCUT2D eigenvalue weighted by molar-refractivity contribution is 7.13. The first-order valence-corrected chi connectivity index (χ1v) is 6.28. The highest BCUT2D eigenvalue weighted by atomic mass is 35.5. The first-order valence-electron chi connectivity index (χ1n) is 5.02. The van der Waals surface area contributed by atoms with E-state index in [1.807, 2.05) is 0 Å². The maximum Gasteiger partial charge on any atom is 0.259 e. The predicted octanol–water partition coefficient (Wildman–Crippen LogP) is 3.10. The molecule has 0 unspecified atom stereocenters. The lowest BCUT2D eigenvalue weighted by molar-refractivity contribution is 0.432. The molecule has 2 aromatic heterocycles. The summed E-state index contributed by atoms with van der Waals surface area (Å²) < 4.78 is 5.19. The van der Waals surface area contributed by atoms with Gasteiger partial charge in [-0.05, 0) is 18.2 Å². The third-order valence-corrected chi connectivity index (χ3v) is 3.38. The number of nitrogen functional groups attached to an aromatic ring is 1. The molecule has 0 fully saturated rings. The van der Waals surface area contributed by atoms with Gasteiger partial charge in [-0.15, -0.1) is 11.3 Å². The van der Waals surface area contributed by atoms with Gasteiger partial charge in [-0.2, -0.15) is 4.98 Å². The molecule has 0 saturated heterocycles. The number of rotatable bonds is 2. The molecule has 90 valence electrons. The molecule has 7 heteroatoms. The van der Waals surface area contributed by atoms with Gasteiger partial charge in [0.1, 0.15) is 0 Å². The minimum Gasteiger partial charge on any atom is -0.399 e. The van der Waals surface area contributed by atoms with Crippen LogP contribution in [0.3, 0.4) is 0 Å². The predicted molar refractivity (Wildman–Crippen MR) is 70.3 cm³/mol. The van der Waals surface area contributed by atoms with Gasteiger partial charge in [0.05, 0.1) is 21.0 Å². The summed E-state index contributed by atoms with van der Waals surface area (Å²) in [4.78, 5) is 9.09. The Labute approximate surface area is 111 Å². The van der Waals surface area contributed by atoms with E-state index in [-0.39, 0.29) is 0 Å². The van der Waals surface area contributed by atoms with Crippen molar-refractivity contribution in [2.75, 3.05) is 5.73 Å². The summed E-state index contributed by atoms with van der Waals surface area (Å²) in [7, 11) is 0. The number of nitrogens with two attached hydrogens (primary N) is 1. The second kappa shape index (κ2) is 4.40. The first-order chi connectivity index (χ1) is 8.74. The Kier molecular flexibility index (Phi) is 2.73. The van der Waals surface area contributed by atoms with Crippen molar-refractivity contribution < 1.29 is 4.52 Å². The van der Waals surface area contributed by atoms with Crippen molar-refractivity contribution >= 4 is 28.6 Å². The van der Waals surface area contributed by atoms with Gasteiger partial charge in [0.25, 0.3) is 5.89 Å². The van der Waals surface area contributed by atoms with E-state index in [2.05, 4.69) is 15.1 Å². The SMILES string of the molecule is Nc1ccc(-c2nc(-c3cncs3)no2)c(Cl)c1. The number of hydrogen-bond acceptors (Lipinski definition) is 6. The molecule has 3 rings (SSSR count). The highest BCUT2D eigenvalue weighted by Gasteiger charge is 2.14. The summed E-state index contributed by atoms with van der Waals surface area (Å²) in [6, 6.07) is 5.13. The van der Waals surface area contributed by atoms with Crippen molar-refractivity contribution in [2.24, 2.45) is 0 Å². The molecule has 0 atom stereocenters. The standard InChI is InChI=1S/C11H7ClN4OS/c12-8-3-6(13)1-2-7(8)11-15-10(16-17-11)9-4-14-5-18-9/h1-5H,13H2. The van der Waals surface area contributed by atoms with E-state index in [1.54, 1.807) is 29.9 Å². The highest BCUT2D eigenvalue weighted by Crippen LogP contribution is 2.30. The fourth-order valence-corrected chi connectivity index (χ4v) is 2.28. The number of anilines is 1. The molecule has 5 nitrogen and oxygen atoms in total. The van der Waals surface area contributed by atoms with Gasteiger partial charge in [-0.25, -0.2) is 0 Å². The maximum atomic E-state index is 6.08. The number of halogens is 1. The van der Waals surface area contributed by atoms with Crippen LogP contribution in [0.5, 0.6) is 0 Å². The van der Waals surface area contributed by atoms with Crippen LogP contribution in [0.4, 0.5) is 5.69 Å². The van der Waals surface area contributed by atoms with Crippen LogP contribution in [0, 0.1) is 0 Å². The lowest BCUT2D eigenvalue weighted by atomic mass is 10.2. The van der Waals surface area contributed by atoms with Crippen LogP contribution < -0.4 is 5.73 Å². The van der Waals surface area contributed by atoms with Gasteiger partial charge in [0.2, 0.25) is 5.82 Å². The third kappa shape index (κ3) is 1.96. The number of thiazole rings is 1. The van der Waals surface area contributed by atoms with Crippen LogP contribution in [-0.2, 0) is 0 Å². The molecule has 0 radical (unpaired) electrons. The third-order valence-electron chi connectivity index (χ3n) is 2.30. The Morgan fingerprint density at radius 3 is 2.94 bits per heavy atom. The van der Waals surface area contributed by atoms with Crippen LogP contribution in [0.1, 0.15) is 0 Å². The summed E-state index contributed by atoms with van der Waals surface area (Å²) in [5, 5.41) is 4.37. The van der Waals surface area contributed by atoms with Crippen molar-refractivity contribution in [3.63, 3.8) is 0 Å². The normalized spacial score (nSPS) is 10.7. The lowest BCUT2D eigenvalue weighted by Crippen LogP contribution is -1.86. The average molecular weight is 279 g/mol. The molecule has 18 heavy (non-hydrogen) atoms. The average Bonchev–Trinajstić information content (AvgIpc) is 2.99. The largest absolute Gasteiger partial charge is 0.399 e. The van der Waals surface area contributed by atoms with Crippen LogP contribution >= 0.6 is 22.9 Å². The van der Waals surface area contributed by atoms with E-state index >= 15 is 0 Å². The molecule has 0 saturated carbocycles. The van der Waals surface area contributed by atoms with Crippen molar-refractivity contribution in [3.05, 3.63) is 34.9 Å². The second-order valence-electron chi connectivity index (χ2n) is 3.53. The van der Waals surface area contributed by atoms with Crippen LogP contribution in [-0.4, -0.2) is 15.1 Å². The molecule has 1 aromatic carbocycles. The molecule has 0 amide bonds. The monoisotopic (exact) mass is 278 g/mol. The zero-order valence-corrected chi connectivity index (χ0v) is 10.6. The number of benzene rings is 1. The fraction of sp³-hybridized carbons (Fsp3) is 0. The Bertz CT molecular complexity index is 680. The topological polar surface area (TPSA) is 77.8 Å². The molecular weight excluding hydrogens is 272 g/mol. The van der Waals surface area contributed by atoms with Crippen molar-refractivity contribution in [1.29, 1.82) is 0 Å². The Balaban J connectivity index is 2.03. The van der Waals surface area contributed by atoms with E-state index < -0.39 is 0 Å². The first kappa shape index (κ1) is 11.2. The summed E-state index contributed by atoms with van der Waals surface area (Å²) in [5.41, 5.74) is 8.59. The second-order valence-corrected chi connectivity index (χ2v) is 4.82. The van der Waals surface area contributed by atoms with Crippen LogP contribution in [0.25, 0.3) is 22.2 Å². The van der Waals surface area contributed by atoms with Gasteiger partial charge in [0.15, 0.2) is 0 Å². The minimum atomic E-state index is 0.364. The number of nitrogens with zero attached hydrogens (tertiary/aromatic N) is 3. The quantitative estimate of drug-likeness (QED) is 0.729. The maximum absolute atomic E-state index is 6.08. The Morgan fingerprint density at radius 2 is 2.22 bits per heavy atom. The minimum absolute atomic E-state index is 0.364. The molecule has 2 N–H and O–H groups in total. The van der Waals surface area contributed by atoms with Gasteiger partial charge >= 0.3 is 0 Å². The van der Waals surface area contributed by atoms with Crippen LogP contribution in [0.15, 0.2) is 34.4 Å². The number of hydrogen-bond donors (Lipinski definition) is 1. The number of aromatic nitrogens is 3. The molecule has 0 spiro atoms. The molecule has 0 aliphatic carbocycles. The Hall–Kier alpha value is -1.92. The molecule has 2 heterocycles. The summed E-state index contributed by atoms with van der Waals surface area (Å²) >= 11 is 7.52. The van der Waals surface area contributed by atoms with Crippen molar-refractivity contribution in [2.45, 2.75) is 0 Å². The Morgan fingerprint density at radius 1 is 1.33 bits per heavy atom. The van der Waals surface area contributed by atoms with Crippen LogP contribution in [0.2, 0.25) is 5.02 Å². The van der Waals surface area contributed by atoms with Crippen molar-refractivity contribution in [1.82, 2.24) is 15.1 Å². The molecule has 0 bridgehead atoms.